The molecule has 1 N–H and O–H groups in total. The molecule has 0 radical (unpaired) electrons. The maximum atomic E-state index is 11.5. The number of carbonyl (C=O) groups excluding carboxylic acids is 1. The van der Waals surface area contributed by atoms with E-state index in [0.29, 0.717) is 19.1 Å². The van der Waals surface area contributed by atoms with E-state index in [4.69, 9.17) is 5.11 Å². The summed E-state index contributed by atoms with van der Waals surface area (Å²) in [6.07, 6.45) is 2.34. The quantitative estimate of drug-likeness (QED) is 0.701. The van der Waals surface area contributed by atoms with Crippen LogP contribution >= 0.6 is 0 Å². The van der Waals surface area contributed by atoms with Gasteiger partial charge in [0.05, 0.1) is 13.0 Å². The standard InChI is InChI=1S/C10H16N2O3/c1-11-5-8(4-10(14)15)12(6-9(11)13)7-2-3-7/h7-8H,2-6H2,1H3,(H,14,15). The van der Waals surface area contributed by atoms with Gasteiger partial charge in [-0.25, -0.2) is 0 Å². The Balaban J connectivity index is 2.03. The van der Waals surface area contributed by atoms with Gasteiger partial charge in [0.1, 0.15) is 0 Å². The van der Waals surface area contributed by atoms with Gasteiger partial charge in [0.25, 0.3) is 0 Å². The predicted molar refractivity (Wildman–Crippen MR) is 53.4 cm³/mol. The van der Waals surface area contributed by atoms with E-state index in [1.54, 1.807) is 11.9 Å². The van der Waals surface area contributed by atoms with E-state index in [2.05, 4.69) is 4.90 Å². The van der Waals surface area contributed by atoms with Crippen molar-refractivity contribution < 1.29 is 14.7 Å². The molecule has 1 heterocycles. The fourth-order valence-corrected chi connectivity index (χ4v) is 2.15. The van der Waals surface area contributed by atoms with Gasteiger partial charge in [0, 0.05) is 25.7 Å². The Morgan fingerprint density at radius 2 is 2.20 bits per heavy atom. The third-order valence-corrected chi connectivity index (χ3v) is 3.12. The Morgan fingerprint density at radius 3 is 2.73 bits per heavy atom. The predicted octanol–water partition coefficient (Wildman–Crippen LogP) is -0.234. The minimum Gasteiger partial charge on any atom is -0.481 e. The van der Waals surface area contributed by atoms with E-state index in [-0.39, 0.29) is 18.4 Å². The van der Waals surface area contributed by atoms with Gasteiger partial charge in [-0.2, -0.15) is 0 Å². The average Bonchev–Trinajstić information content (AvgIpc) is 2.93. The zero-order valence-corrected chi connectivity index (χ0v) is 8.85. The monoisotopic (exact) mass is 212 g/mol. The second-order valence-electron chi connectivity index (χ2n) is 4.43. The zero-order valence-electron chi connectivity index (χ0n) is 8.85. The SMILES string of the molecule is CN1CC(CC(=O)O)N(C2CC2)CC1=O. The lowest BCUT2D eigenvalue weighted by Gasteiger charge is -2.39. The molecule has 0 bridgehead atoms. The molecule has 0 aromatic carbocycles. The lowest BCUT2D eigenvalue weighted by molar-refractivity contribution is -0.144. The van der Waals surface area contributed by atoms with Gasteiger partial charge in [-0.3, -0.25) is 14.5 Å². The number of likely N-dealkylation sites (N-methyl/N-ethyl adjacent to an activating group) is 1. The number of rotatable bonds is 3. The first-order chi connectivity index (χ1) is 7.08. The molecular weight excluding hydrogens is 196 g/mol. The molecule has 1 unspecified atom stereocenters. The molecule has 1 aliphatic heterocycles. The second-order valence-corrected chi connectivity index (χ2v) is 4.43. The molecule has 5 heteroatoms. The number of hydrogen-bond donors (Lipinski definition) is 1. The van der Waals surface area contributed by atoms with Gasteiger partial charge in [0.2, 0.25) is 5.91 Å². The van der Waals surface area contributed by atoms with E-state index < -0.39 is 5.97 Å². The first kappa shape index (κ1) is 10.4. The molecular formula is C10H16N2O3. The normalized spacial score (nSPS) is 28.2. The van der Waals surface area contributed by atoms with Crippen LogP contribution in [0.2, 0.25) is 0 Å². The van der Waals surface area contributed by atoms with Gasteiger partial charge < -0.3 is 10.0 Å². The zero-order chi connectivity index (χ0) is 11.0. The molecule has 15 heavy (non-hydrogen) atoms. The van der Waals surface area contributed by atoms with Crippen LogP contribution < -0.4 is 0 Å². The van der Waals surface area contributed by atoms with Crippen LogP contribution in [0.3, 0.4) is 0 Å². The molecule has 0 aromatic heterocycles. The Hall–Kier alpha value is -1.10. The Bertz CT molecular complexity index is 288. The van der Waals surface area contributed by atoms with Crippen molar-refractivity contribution in [3.63, 3.8) is 0 Å². The smallest absolute Gasteiger partial charge is 0.305 e. The van der Waals surface area contributed by atoms with Crippen LogP contribution in [0.5, 0.6) is 0 Å². The summed E-state index contributed by atoms with van der Waals surface area (Å²) in [5.74, 6) is -0.683. The van der Waals surface area contributed by atoms with E-state index in [1.165, 1.54) is 0 Å². The summed E-state index contributed by atoms with van der Waals surface area (Å²) in [7, 11) is 1.74. The summed E-state index contributed by atoms with van der Waals surface area (Å²) in [5.41, 5.74) is 0. The van der Waals surface area contributed by atoms with Gasteiger partial charge in [-0.1, -0.05) is 0 Å². The molecule has 0 aromatic rings. The number of carboxylic acid groups (broad SMARTS) is 1. The number of piperazine rings is 1. The number of hydrogen-bond acceptors (Lipinski definition) is 3. The van der Waals surface area contributed by atoms with Gasteiger partial charge in [-0.05, 0) is 12.8 Å². The highest BCUT2D eigenvalue weighted by Crippen LogP contribution is 2.31. The van der Waals surface area contributed by atoms with Crippen LogP contribution in [0.1, 0.15) is 19.3 Å². The van der Waals surface area contributed by atoms with Crippen molar-refractivity contribution in [1.82, 2.24) is 9.80 Å². The molecule has 2 fully saturated rings. The first-order valence-electron chi connectivity index (χ1n) is 5.29. The Morgan fingerprint density at radius 1 is 1.53 bits per heavy atom. The Labute approximate surface area is 88.6 Å². The van der Waals surface area contributed by atoms with Crippen LogP contribution in [0, 0.1) is 0 Å². The van der Waals surface area contributed by atoms with Crippen molar-refractivity contribution in [2.45, 2.75) is 31.3 Å². The number of aliphatic carboxylic acids is 1. The molecule has 1 saturated carbocycles. The average molecular weight is 212 g/mol. The van der Waals surface area contributed by atoms with Crippen molar-refractivity contribution >= 4 is 11.9 Å². The van der Waals surface area contributed by atoms with Gasteiger partial charge >= 0.3 is 5.97 Å². The topological polar surface area (TPSA) is 60.9 Å². The summed E-state index contributed by atoms with van der Waals surface area (Å²) in [4.78, 5) is 25.9. The minimum absolute atomic E-state index is 0.00213. The second kappa shape index (κ2) is 3.81. The molecule has 2 aliphatic rings. The Kier molecular flexibility index (Phi) is 2.65. The van der Waals surface area contributed by atoms with Crippen molar-refractivity contribution in [1.29, 1.82) is 0 Å². The molecule has 1 atom stereocenters. The van der Waals surface area contributed by atoms with E-state index in [0.717, 1.165) is 12.8 Å². The molecule has 1 saturated heterocycles. The fraction of sp³-hybridized carbons (Fsp3) is 0.800. The lowest BCUT2D eigenvalue weighted by atomic mass is 10.1. The largest absolute Gasteiger partial charge is 0.481 e. The van der Waals surface area contributed by atoms with Crippen molar-refractivity contribution in [2.24, 2.45) is 0 Å². The number of carbonyl (C=O) groups is 2. The fourth-order valence-electron chi connectivity index (χ4n) is 2.15. The van der Waals surface area contributed by atoms with Crippen molar-refractivity contribution in [3.05, 3.63) is 0 Å². The van der Waals surface area contributed by atoms with Crippen LogP contribution in [-0.4, -0.2) is 59.0 Å². The van der Waals surface area contributed by atoms with E-state index >= 15 is 0 Å². The molecule has 1 aliphatic carbocycles. The number of nitrogens with zero attached hydrogens (tertiary/aromatic N) is 2. The highest BCUT2D eigenvalue weighted by molar-refractivity contribution is 5.79. The van der Waals surface area contributed by atoms with Crippen LogP contribution in [-0.2, 0) is 9.59 Å². The van der Waals surface area contributed by atoms with Crippen molar-refractivity contribution in [2.75, 3.05) is 20.1 Å². The number of carboxylic acids is 1. The highest BCUT2D eigenvalue weighted by atomic mass is 16.4. The van der Waals surface area contributed by atoms with E-state index in [1.807, 2.05) is 0 Å². The highest BCUT2D eigenvalue weighted by Gasteiger charge is 2.40. The van der Waals surface area contributed by atoms with Gasteiger partial charge in [0.15, 0.2) is 0 Å². The molecule has 2 rings (SSSR count). The minimum atomic E-state index is -0.784. The maximum Gasteiger partial charge on any atom is 0.305 e. The van der Waals surface area contributed by atoms with Crippen LogP contribution in [0.25, 0.3) is 0 Å². The molecule has 1 amide bonds. The summed E-state index contributed by atoms with van der Waals surface area (Å²) >= 11 is 0. The third kappa shape index (κ3) is 2.28. The van der Waals surface area contributed by atoms with Crippen LogP contribution in [0.4, 0.5) is 0 Å². The molecule has 84 valence electrons. The molecule has 5 nitrogen and oxygen atoms in total. The maximum absolute atomic E-state index is 11.5. The summed E-state index contributed by atoms with van der Waals surface area (Å²) in [6.45, 7) is 0.931. The lowest BCUT2D eigenvalue weighted by Crippen LogP contribution is -2.56. The third-order valence-electron chi connectivity index (χ3n) is 3.12. The number of amides is 1. The van der Waals surface area contributed by atoms with E-state index in [9.17, 15) is 9.59 Å². The molecule has 0 spiro atoms. The van der Waals surface area contributed by atoms with Crippen molar-refractivity contribution in [3.8, 4) is 0 Å². The first-order valence-corrected chi connectivity index (χ1v) is 5.29. The summed E-state index contributed by atoms with van der Waals surface area (Å²) < 4.78 is 0. The summed E-state index contributed by atoms with van der Waals surface area (Å²) in [5, 5.41) is 8.81. The van der Waals surface area contributed by atoms with Crippen LogP contribution in [0.15, 0.2) is 0 Å². The summed E-state index contributed by atoms with van der Waals surface area (Å²) in [6, 6.07) is 0.449. The van der Waals surface area contributed by atoms with Gasteiger partial charge in [-0.15, -0.1) is 0 Å².